The molecule has 1 saturated heterocycles. The van der Waals surface area contributed by atoms with Gasteiger partial charge in [-0.2, -0.15) is 4.98 Å². The molecule has 88 valence electrons. The number of ether oxygens (including phenoxy) is 1. The van der Waals surface area contributed by atoms with Gasteiger partial charge in [0, 0.05) is 12.1 Å². The van der Waals surface area contributed by atoms with Crippen molar-refractivity contribution in [2.24, 2.45) is 5.92 Å². The predicted octanol–water partition coefficient (Wildman–Crippen LogP) is -0.260. The summed E-state index contributed by atoms with van der Waals surface area (Å²) in [5.41, 5.74) is 4.94. The molecule has 6 nitrogen and oxygen atoms in total. The summed E-state index contributed by atoms with van der Waals surface area (Å²) >= 11 is 0. The van der Waals surface area contributed by atoms with E-state index < -0.39 is 18.0 Å². The van der Waals surface area contributed by atoms with Gasteiger partial charge in [-0.25, -0.2) is 4.79 Å². The van der Waals surface area contributed by atoms with Crippen LogP contribution in [0.2, 0.25) is 0 Å². The number of aliphatic hydroxyl groups excluding tert-OH is 1. The fourth-order valence-electron chi connectivity index (χ4n) is 1.96. The molecule has 0 amide bonds. The highest BCUT2D eigenvalue weighted by molar-refractivity contribution is 5.23. The molecule has 2 rings (SSSR count). The van der Waals surface area contributed by atoms with Gasteiger partial charge in [-0.3, -0.25) is 4.57 Å². The fraction of sp³-hybridized carbons (Fsp3) is 0.600. The zero-order valence-electron chi connectivity index (χ0n) is 9.20. The van der Waals surface area contributed by atoms with Gasteiger partial charge in [0.15, 0.2) is 0 Å². The van der Waals surface area contributed by atoms with Gasteiger partial charge < -0.3 is 15.6 Å². The van der Waals surface area contributed by atoms with Crippen molar-refractivity contribution < 1.29 is 9.84 Å². The number of aromatic nitrogens is 2. The van der Waals surface area contributed by atoms with Gasteiger partial charge in [-0.15, -0.1) is 0 Å². The van der Waals surface area contributed by atoms with Gasteiger partial charge in [-0.05, 0) is 13.0 Å². The zero-order chi connectivity index (χ0) is 11.9. The van der Waals surface area contributed by atoms with Gasteiger partial charge in [0.05, 0.1) is 12.2 Å². The summed E-state index contributed by atoms with van der Waals surface area (Å²) in [6.45, 7) is 3.61. The molecule has 1 fully saturated rings. The van der Waals surface area contributed by atoms with Gasteiger partial charge in [0.2, 0.25) is 0 Å². The van der Waals surface area contributed by atoms with Crippen molar-refractivity contribution in [2.75, 3.05) is 5.73 Å². The summed E-state index contributed by atoms with van der Waals surface area (Å²) in [4.78, 5) is 15.2. The van der Waals surface area contributed by atoms with Crippen molar-refractivity contribution in [2.45, 2.75) is 32.3 Å². The van der Waals surface area contributed by atoms with Crippen LogP contribution < -0.4 is 11.4 Å². The Labute approximate surface area is 92.7 Å². The lowest BCUT2D eigenvalue weighted by atomic mass is 10.0. The molecule has 1 aromatic heterocycles. The molecule has 0 bridgehead atoms. The predicted molar refractivity (Wildman–Crippen MR) is 57.7 cm³/mol. The monoisotopic (exact) mass is 225 g/mol. The van der Waals surface area contributed by atoms with Crippen LogP contribution in [0.5, 0.6) is 0 Å². The maximum atomic E-state index is 11.6. The quantitative estimate of drug-likeness (QED) is 0.687. The van der Waals surface area contributed by atoms with Crippen molar-refractivity contribution in [3.8, 4) is 0 Å². The molecule has 0 aromatic carbocycles. The highest BCUT2D eigenvalue weighted by Crippen LogP contribution is 2.33. The molecule has 0 spiro atoms. The molecular formula is C10H15N3O3. The van der Waals surface area contributed by atoms with E-state index in [0.29, 0.717) is 0 Å². The van der Waals surface area contributed by atoms with Crippen LogP contribution in [0.1, 0.15) is 20.1 Å². The highest BCUT2D eigenvalue weighted by Gasteiger charge is 2.39. The van der Waals surface area contributed by atoms with Crippen LogP contribution in [0.15, 0.2) is 17.1 Å². The molecule has 2 heterocycles. The van der Waals surface area contributed by atoms with Crippen LogP contribution >= 0.6 is 0 Å². The largest absolute Gasteiger partial charge is 0.390 e. The van der Waals surface area contributed by atoms with Crippen molar-refractivity contribution in [3.05, 3.63) is 22.7 Å². The Bertz CT molecular complexity index is 445. The average Bonchev–Trinajstić information content (AvgIpc) is 2.46. The third-order valence-corrected chi connectivity index (χ3v) is 2.95. The second kappa shape index (κ2) is 3.88. The second-order valence-electron chi connectivity index (χ2n) is 4.12. The number of nitrogens with zero attached hydrogens (tertiary/aromatic N) is 2. The SMILES string of the molecule is CC1[C@@H](O)[C@@H](C)O[C@H]1n1ccc(N)nc1=O. The van der Waals surface area contributed by atoms with E-state index in [9.17, 15) is 9.90 Å². The molecule has 1 aromatic rings. The van der Waals surface area contributed by atoms with Crippen LogP contribution in [0.4, 0.5) is 5.82 Å². The van der Waals surface area contributed by atoms with Gasteiger partial charge >= 0.3 is 5.69 Å². The smallest absolute Gasteiger partial charge is 0.351 e. The number of rotatable bonds is 1. The van der Waals surface area contributed by atoms with E-state index in [1.807, 2.05) is 6.92 Å². The van der Waals surface area contributed by atoms with E-state index in [-0.39, 0.29) is 17.8 Å². The van der Waals surface area contributed by atoms with Crippen molar-refractivity contribution >= 4 is 5.82 Å². The van der Waals surface area contributed by atoms with Crippen LogP contribution in [0, 0.1) is 5.92 Å². The lowest BCUT2D eigenvalue weighted by molar-refractivity contribution is -0.0141. The van der Waals surface area contributed by atoms with Crippen LogP contribution in [0.3, 0.4) is 0 Å². The number of anilines is 1. The van der Waals surface area contributed by atoms with Crippen molar-refractivity contribution in [3.63, 3.8) is 0 Å². The molecule has 1 aliphatic heterocycles. The lowest BCUT2D eigenvalue weighted by Crippen LogP contribution is -2.30. The topological polar surface area (TPSA) is 90.4 Å². The molecule has 0 aliphatic carbocycles. The number of nitrogen functional groups attached to an aromatic ring is 1. The Balaban J connectivity index is 2.35. The molecule has 1 aliphatic rings. The molecule has 0 radical (unpaired) electrons. The minimum atomic E-state index is -0.575. The van der Waals surface area contributed by atoms with E-state index in [0.717, 1.165) is 0 Å². The maximum absolute atomic E-state index is 11.6. The highest BCUT2D eigenvalue weighted by atomic mass is 16.5. The Morgan fingerprint density at radius 2 is 2.25 bits per heavy atom. The lowest BCUT2D eigenvalue weighted by Gasteiger charge is -2.17. The fourth-order valence-corrected chi connectivity index (χ4v) is 1.96. The van der Waals surface area contributed by atoms with Gasteiger partial charge in [-0.1, -0.05) is 6.92 Å². The summed E-state index contributed by atoms with van der Waals surface area (Å²) in [6.07, 6.45) is 0.195. The van der Waals surface area contributed by atoms with Crippen LogP contribution in [-0.2, 0) is 4.74 Å². The van der Waals surface area contributed by atoms with Crippen molar-refractivity contribution in [1.82, 2.24) is 9.55 Å². The maximum Gasteiger partial charge on any atom is 0.351 e. The third kappa shape index (κ3) is 1.70. The first-order valence-corrected chi connectivity index (χ1v) is 5.19. The average molecular weight is 225 g/mol. The van der Waals surface area contributed by atoms with Crippen LogP contribution in [-0.4, -0.2) is 26.9 Å². The Hall–Kier alpha value is -1.40. The molecule has 3 N–H and O–H groups in total. The van der Waals surface area contributed by atoms with E-state index in [2.05, 4.69) is 4.98 Å². The van der Waals surface area contributed by atoms with E-state index in [1.54, 1.807) is 6.92 Å². The molecule has 6 heteroatoms. The first kappa shape index (κ1) is 11.1. The molecule has 1 unspecified atom stereocenters. The molecule has 16 heavy (non-hydrogen) atoms. The first-order chi connectivity index (χ1) is 7.50. The van der Waals surface area contributed by atoms with Gasteiger partial charge in [0.25, 0.3) is 0 Å². The third-order valence-electron chi connectivity index (χ3n) is 2.95. The summed E-state index contributed by atoms with van der Waals surface area (Å²) in [7, 11) is 0. The second-order valence-corrected chi connectivity index (χ2v) is 4.12. The summed E-state index contributed by atoms with van der Waals surface area (Å²) in [5.74, 6) is 0.0265. The number of aliphatic hydroxyl groups is 1. The zero-order valence-corrected chi connectivity index (χ0v) is 9.20. The standard InChI is InChI=1S/C10H15N3O3/c1-5-8(14)6(2)16-9(5)13-4-3-7(11)12-10(13)15/h3-6,8-9,14H,1-2H3,(H2,11,12,15)/t5?,6-,8-,9-/m1/s1. The van der Waals surface area contributed by atoms with Crippen LogP contribution in [0.25, 0.3) is 0 Å². The normalized spacial score (nSPS) is 34.2. The van der Waals surface area contributed by atoms with E-state index in [4.69, 9.17) is 10.5 Å². The number of nitrogens with two attached hydrogens (primary N) is 1. The van der Waals surface area contributed by atoms with Crippen molar-refractivity contribution in [1.29, 1.82) is 0 Å². The Morgan fingerprint density at radius 3 is 2.75 bits per heavy atom. The summed E-state index contributed by atoms with van der Waals surface area (Å²) in [6, 6.07) is 1.53. The Kier molecular flexibility index (Phi) is 2.69. The molecular weight excluding hydrogens is 210 g/mol. The minimum absolute atomic E-state index is 0.155. The molecule has 0 saturated carbocycles. The summed E-state index contributed by atoms with van der Waals surface area (Å²) in [5, 5.41) is 9.76. The Morgan fingerprint density at radius 1 is 1.56 bits per heavy atom. The number of hydrogen-bond acceptors (Lipinski definition) is 5. The molecule has 4 atom stereocenters. The summed E-state index contributed by atoms with van der Waals surface area (Å²) < 4.78 is 6.88. The van der Waals surface area contributed by atoms with E-state index >= 15 is 0 Å². The number of hydrogen-bond donors (Lipinski definition) is 2. The van der Waals surface area contributed by atoms with E-state index in [1.165, 1.54) is 16.8 Å². The minimum Gasteiger partial charge on any atom is -0.390 e. The first-order valence-electron chi connectivity index (χ1n) is 5.19. The van der Waals surface area contributed by atoms with Gasteiger partial charge in [0.1, 0.15) is 12.0 Å².